The Hall–Kier alpha value is -2.34. The van der Waals surface area contributed by atoms with Crippen LogP contribution in [0.15, 0.2) is 17.3 Å². The smallest absolute Gasteiger partial charge is 0.325 e. The summed E-state index contributed by atoms with van der Waals surface area (Å²) in [5, 5.41) is 22.7. The number of anilines is 2. The molecule has 218 valence electrons. The van der Waals surface area contributed by atoms with E-state index in [1.54, 1.807) is 6.20 Å². The average molecular weight is 642 g/mol. The van der Waals surface area contributed by atoms with E-state index in [1.807, 2.05) is 0 Å². The number of nitrogens with one attached hydrogen (secondary N) is 1. The molecule has 0 radical (unpaired) electrons. The van der Waals surface area contributed by atoms with E-state index in [2.05, 4.69) is 35.3 Å². The van der Waals surface area contributed by atoms with Crippen LogP contribution in [0.5, 0.6) is 0 Å². The van der Waals surface area contributed by atoms with Gasteiger partial charge in [-0.25, -0.2) is 14.6 Å². The van der Waals surface area contributed by atoms with Crippen molar-refractivity contribution in [3.05, 3.63) is 28.4 Å². The summed E-state index contributed by atoms with van der Waals surface area (Å²) in [4.78, 5) is 38.2. The molecule has 7 heterocycles. The largest absolute Gasteiger partial charge is 0.389 e. The molecule has 0 spiro atoms. The number of aromatic nitrogens is 9. The standard InChI is InChI=1S/C20H25N11O6P2S2/c21-19-26-16-12(17(33)27-19)28-29-30(16)18-14-13(32)11(41-18)5-38-4-7-1-9(36-10(7)3-35-39(34,40)37-14)8-2-25-31-15(8)23-6-24-20(31)22/h2,6-7,9-11,13-14,18,32,38H,1,3-5H2,(H,34,40)(H2,22,23,24)(H3,21,26,27,33)/t7-,9-,10-,11?,13-,14-,18-,39?/m1/s1. The third-order valence-corrected chi connectivity index (χ3v) is 12.3. The van der Waals surface area contributed by atoms with E-state index >= 15 is 0 Å². The van der Waals surface area contributed by atoms with Gasteiger partial charge >= 0.3 is 6.72 Å². The molecule has 17 nitrogen and oxygen atoms in total. The number of H-pyrrole nitrogens is 1. The Morgan fingerprint density at radius 1 is 1.27 bits per heavy atom. The van der Waals surface area contributed by atoms with E-state index in [0.717, 1.165) is 11.7 Å². The van der Waals surface area contributed by atoms with Gasteiger partial charge < -0.3 is 30.7 Å². The van der Waals surface area contributed by atoms with Crippen LogP contribution in [-0.4, -0.2) is 97.0 Å². The van der Waals surface area contributed by atoms with Gasteiger partial charge in [-0.3, -0.25) is 14.3 Å². The van der Waals surface area contributed by atoms with E-state index in [0.29, 0.717) is 26.8 Å². The van der Waals surface area contributed by atoms with Crippen molar-refractivity contribution >= 4 is 67.6 Å². The van der Waals surface area contributed by atoms with Crippen molar-refractivity contribution in [3.63, 3.8) is 0 Å². The molecular formula is C20H25N11O6P2S2. The van der Waals surface area contributed by atoms with E-state index in [-0.39, 0.29) is 53.0 Å². The first-order chi connectivity index (χ1) is 19.7. The molecule has 2 bridgehead atoms. The van der Waals surface area contributed by atoms with Gasteiger partial charge in [0, 0.05) is 10.8 Å². The van der Waals surface area contributed by atoms with Gasteiger partial charge in [-0.1, -0.05) is 5.21 Å². The minimum atomic E-state index is -3.86. The molecule has 7 rings (SSSR count). The molecule has 3 aliphatic heterocycles. The first-order valence-electron chi connectivity index (χ1n) is 12.6. The molecule has 0 saturated carbocycles. The number of aliphatic hydroxyl groups is 1. The summed E-state index contributed by atoms with van der Waals surface area (Å²) < 4.78 is 21.0. The SMILES string of the molecule is Nc1nc2c(nnn2[C@@H]2SC3CPC[C@H]4C[C@H](c5cnn6c(N)ncnc56)O[C@@H]4COP(O)(=S)O[C@@H]2[C@@H]3O)c(=O)[nH]1. The second kappa shape index (κ2) is 10.4. The maximum atomic E-state index is 12.3. The first-order valence-corrected chi connectivity index (χ1v) is 17.5. The van der Waals surface area contributed by atoms with Crippen molar-refractivity contribution in [1.82, 2.24) is 44.5 Å². The molecule has 0 aliphatic carbocycles. The molecule has 7 N–H and O–H groups in total. The first kappa shape index (κ1) is 27.5. The quantitative estimate of drug-likeness (QED) is 0.174. The van der Waals surface area contributed by atoms with Gasteiger partial charge in [0.05, 0.1) is 31.1 Å². The van der Waals surface area contributed by atoms with Crippen LogP contribution in [0.1, 0.15) is 23.5 Å². The number of rotatable bonds is 2. The number of hydrogen-bond acceptors (Lipinski definition) is 15. The lowest BCUT2D eigenvalue weighted by molar-refractivity contribution is -0.0105. The van der Waals surface area contributed by atoms with Crippen LogP contribution >= 0.6 is 27.1 Å². The summed E-state index contributed by atoms with van der Waals surface area (Å²) in [6.45, 7) is -3.86. The van der Waals surface area contributed by atoms with Gasteiger partial charge in [-0.05, 0) is 36.5 Å². The van der Waals surface area contributed by atoms with Crippen molar-refractivity contribution < 1.29 is 23.8 Å². The van der Waals surface area contributed by atoms with Crippen molar-refractivity contribution in [2.24, 2.45) is 5.92 Å². The minimum absolute atomic E-state index is 0.000461. The highest BCUT2D eigenvalue weighted by Gasteiger charge is 2.49. The van der Waals surface area contributed by atoms with Gasteiger partial charge in [-0.2, -0.15) is 14.6 Å². The molecule has 3 saturated heterocycles. The molecule has 0 amide bonds. The van der Waals surface area contributed by atoms with Crippen LogP contribution in [0.3, 0.4) is 0 Å². The van der Waals surface area contributed by atoms with Gasteiger partial charge in [-0.15, -0.1) is 25.4 Å². The number of aromatic amines is 1. The van der Waals surface area contributed by atoms with Crippen molar-refractivity contribution in [3.8, 4) is 0 Å². The Kier molecular flexibility index (Phi) is 6.99. The highest BCUT2D eigenvalue weighted by atomic mass is 32.5. The monoisotopic (exact) mass is 641 g/mol. The topological polar surface area (TPSA) is 240 Å². The fourth-order valence-electron chi connectivity index (χ4n) is 5.46. The third-order valence-electron chi connectivity index (χ3n) is 7.40. The average Bonchev–Trinajstić information content (AvgIpc) is 3.69. The normalized spacial score (nSPS) is 35.0. The zero-order valence-electron chi connectivity index (χ0n) is 21.0. The van der Waals surface area contributed by atoms with E-state index in [1.165, 1.54) is 27.3 Å². The van der Waals surface area contributed by atoms with Crippen LogP contribution in [0, 0.1) is 5.92 Å². The van der Waals surface area contributed by atoms with Gasteiger partial charge in [0.25, 0.3) is 5.56 Å². The fourth-order valence-corrected chi connectivity index (χ4v) is 10.5. The summed E-state index contributed by atoms with van der Waals surface area (Å²) >= 11 is 6.77. The Morgan fingerprint density at radius 2 is 2.12 bits per heavy atom. The van der Waals surface area contributed by atoms with Crippen LogP contribution < -0.4 is 17.0 Å². The number of ether oxygens (including phenoxy) is 1. The number of nitrogens with two attached hydrogens (primary N) is 2. The molecule has 41 heavy (non-hydrogen) atoms. The van der Waals surface area contributed by atoms with Crippen LogP contribution in [-0.2, 0) is 25.6 Å². The second-order valence-corrected chi connectivity index (χ2v) is 15.4. The lowest BCUT2D eigenvalue weighted by Crippen LogP contribution is -2.35. The summed E-state index contributed by atoms with van der Waals surface area (Å²) in [7, 11) is 0.489. The van der Waals surface area contributed by atoms with Gasteiger partial charge in [0.2, 0.25) is 11.9 Å². The molecule has 4 aromatic heterocycles. The van der Waals surface area contributed by atoms with Gasteiger partial charge in [0.15, 0.2) is 16.8 Å². The van der Waals surface area contributed by atoms with Crippen LogP contribution in [0.4, 0.5) is 11.9 Å². The lowest BCUT2D eigenvalue weighted by Gasteiger charge is -2.28. The summed E-state index contributed by atoms with van der Waals surface area (Å²) in [6, 6.07) is 0. The molecule has 9 atom stereocenters. The second-order valence-electron chi connectivity index (χ2n) is 9.93. The third kappa shape index (κ3) is 4.92. The number of aliphatic hydroxyl groups excluding tert-OH is 1. The van der Waals surface area contributed by atoms with E-state index in [4.69, 9.17) is 37.1 Å². The summed E-state index contributed by atoms with van der Waals surface area (Å²) in [6.07, 6.45) is 2.56. The van der Waals surface area contributed by atoms with Crippen LogP contribution in [0.25, 0.3) is 16.8 Å². The Balaban J connectivity index is 1.15. The van der Waals surface area contributed by atoms with Crippen LogP contribution in [0.2, 0.25) is 0 Å². The van der Waals surface area contributed by atoms with Crippen molar-refractivity contribution in [2.75, 3.05) is 30.4 Å². The molecule has 0 aromatic carbocycles. The Bertz CT molecular complexity index is 1740. The number of hydrogen-bond donors (Lipinski definition) is 5. The number of fused-ring (bicyclic) bond motifs is 5. The molecular weight excluding hydrogens is 616 g/mol. The molecule has 3 unspecified atom stereocenters. The zero-order valence-corrected chi connectivity index (χ0v) is 24.6. The predicted octanol–water partition coefficient (Wildman–Crippen LogP) is -0.451. The Labute approximate surface area is 241 Å². The number of thioether (sulfide) groups is 1. The molecule has 3 fully saturated rings. The minimum Gasteiger partial charge on any atom is -0.389 e. The molecule has 4 aromatic rings. The van der Waals surface area contributed by atoms with Crippen molar-refractivity contribution in [1.29, 1.82) is 0 Å². The highest BCUT2D eigenvalue weighted by Crippen LogP contribution is 2.55. The van der Waals surface area contributed by atoms with Crippen molar-refractivity contribution in [2.45, 2.75) is 41.5 Å². The lowest BCUT2D eigenvalue weighted by atomic mass is 9.99. The summed E-state index contributed by atoms with van der Waals surface area (Å²) in [5.74, 6) is 0.217. The van der Waals surface area contributed by atoms with E-state index < -0.39 is 29.9 Å². The van der Waals surface area contributed by atoms with Gasteiger partial charge in [0.1, 0.15) is 17.8 Å². The maximum absolute atomic E-state index is 12.3. The van der Waals surface area contributed by atoms with E-state index in [9.17, 15) is 14.8 Å². The molecule has 21 heteroatoms. The summed E-state index contributed by atoms with van der Waals surface area (Å²) in [5.41, 5.74) is 12.6. The fraction of sp³-hybridized carbons (Fsp3) is 0.550. The predicted molar refractivity (Wildman–Crippen MR) is 153 cm³/mol. The number of nitrogens with zero attached hydrogens (tertiary/aromatic N) is 8. The maximum Gasteiger partial charge on any atom is 0.325 e. The Morgan fingerprint density at radius 3 is 2.98 bits per heavy atom. The highest BCUT2D eigenvalue weighted by molar-refractivity contribution is 8.07. The zero-order chi connectivity index (χ0) is 28.5. The molecule has 3 aliphatic rings. The number of nitrogen functional groups attached to an aromatic ring is 2.